The van der Waals surface area contributed by atoms with Crippen LogP contribution in [-0.4, -0.2) is 15.0 Å². The Morgan fingerprint density at radius 1 is 1.28 bits per heavy atom. The van der Waals surface area contributed by atoms with Crippen LogP contribution in [0.1, 0.15) is 19.3 Å². The number of benzene rings is 1. The van der Waals surface area contributed by atoms with Crippen molar-refractivity contribution in [2.75, 3.05) is 6.61 Å². The summed E-state index contributed by atoms with van der Waals surface area (Å²) in [4.78, 5) is -0.616. The molecule has 0 unspecified atom stereocenters. The molecule has 7 heteroatoms. The predicted molar refractivity (Wildman–Crippen MR) is 62.2 cm³/mol. The van der Waals surface area contributed by atoms with Gasteiger partial charge in [0.15, 0.2) is 17.4 Å². The van der Waals surface area contributed by atoms with Crippen LogP contribution in [0.2, 0.25) is 0 Å². The smallest absolute Gasteiger partial charge is 0.261 e. The summed E-state index contributed by atoms with van der Waals surface area (Å²) in [6.45, 7) is 0.237. The van der Waals surface area contributed by atoms with E-state index in [1.807, 2.05) is 0 Å². The first kappa shape index (κ1) is 13.5. The van der Waals surface area contributed by atoms with E-state index >= 15 is 0 Å². The van der Waals surface area contributed by atoms with Crippen molar-refractivity contribution >= 4 is 19.7 Å². The molecule has 0 N–H and O–H groups in total. The van der Waals surface area contributed by atoms with Crippen LogP contribution in [0.5, 0.6) is 5.75 Å². The Hall–Kier alpha value is -0.880. The monoisotopic (exact) mass is 296 g/mol. The Morgan fingerprint density at radius 3 is 2.22 bits per heavy atom. The fraction of sp³-hybridized carbons (Fsp3) is 0.455. The summed E-state index contributed by atoms with van der Waals surface area (Å²) in [7, 11) is 0.859. The van der Waals surface area contributed by atoms with Crippen LogP contribution in [0.25, 0.3) is 0 Å². The predicted octanol–water partition coefficient (Wildman–Crippen LogP) is 3.07. The quantitative estimate of drug-likeness (QED) is 0.802. The first-order valence-corrected chi connectivity index (χ1v) is 7.75. The van der Waals surface area contributed by atoms with Gasteiger partial charge in [-0.3, -0.25) is 0 Å². The summed E-state index contributed by atoms with van der Waals surface area (Å²) in [6.07, 6.45) is 3.07. The normalized spacial score (nSPS) is 16.4. The molecule has 3 nitrogen and oxygen atoms in total. The molecule has 0 aromatic heterocycles. The van der Waals surface area contributed by atoms with Crippen LogP contribution in [0.15, 0.2) is 17.0 Å². The fourth-order valence-corrected chi connectivity index (χ4v) is 2.43. The van der Waals surface area contributed by atoms with E-state index in [9.17, 15) is 17.2 Å². The minimum absolute atomic E-state index is 0.237. The Labute approximate surface area is 108 Å². The maximum atomic E-state index is 13.5. The standard InChI is InChI=1S/C11H11ClF2O3S/c12-18(15,16)8-4-9(13)11(10(14)5-8)17-6-7-2-1-3-7/h4-5,7H,1-3,6H2. The van der Waals surface area contributed by atoms with Gasteiger partial charge < -0.3 is 4.74 Å². The lowest BCUT2D eigenvalue weighted by Crippen LogP contribution is -2.20. The molecule has 18 heavy (non-hydrogen) atoms. The molecular weight excluding hydrogens is 286 g/mol. The first-order chi connectivity index (χ1) is 8.38. The third kappa shape index (κ3) is 2.92. The van der Waals surface area contributed by atoms with E-state index in [1.165, 1.54) is 0 Å². The lowest BCUT2D eigenvalue weighted by molar-refractivity contribution is 0.169. The number of halogens is 3. The molecule has 1 aliphatic carbocycles. The SMILES string of the molecule is O=S(=O)(Cl)c1cc(F)c(OCC2CCC2)c(F)c1. The molecule has 1 aromatic carbocycles. The molecule has 1 aliphatic rings. The molecule has 2 rings (SSSR count). The van der Waals surface area contributed by atoms with E-state index in [2.05, 4.69) is 0 Å². The maximum absolute atomic E-state index is 13.5. The third-order valence-corrected chi connectivity index (χ3v) is 4.27. The van der Waals surface area contributed by atoms with Gasteiger partial charge in [-0.05, 0) is 30.9 Å². The van der Waals surface area contributed by atoms with Gasteiger partial charge in [0.2, 0.25) is 0 Å². The summed E-state index contributed by atoms with van der Waals surface area (Å²) in [5, 5.41) is 0. The third-order valence-electron chi connectivity index (χ3n) is 2.94. The van der Waals surface area contributed by atoms with Crippen LogP contribution in [0.3, 0.4) is 0 Å². The van der Waals surface area contributed by atoms with Crippen LogP contribution in [0.4, 0.5) is 8.78 Å². The highest BCUT2D eigenvalue weighted by Crippen LogP contribution is 2.30. The van der Waals surface area contributed by atoms with Crippen LogP contribution in [0, 0.1) is 17.6 Å². The van der Waals surface area contributed by atoms with Crippen molar-refractivity contribution in [1.82, 2.24) is 0 Å². The van der Waals surface area contributed by atoms with Crippen LogP contribution in [-0.2, 0) is 9.05 Å². The Morgan fingerprint density at radius 2 is 1.83 bits per heavy atom. The van der Waals surface area contributed by atoms with Gasteiger partial charge in [0.1, 0.15) is 0 Å². The molecule has 0 amide bonds. The Bertz CT molecular complexity index is 532. The van der Waals surface area contributed by atoms with E-state index in [4.69, 9.17) is 15.4 Å². The zero-order chi connectivity index (χ0) is 13.3. The largest absolute Gasteiger partial charge is 0.487 e. The Balaban J connectivity index is 2.20. The number of hydrogen-bond acceptors (Lipinski definition) is 3. The average Bonchev–Trinajstić information content (AvgIpc) is 2.17. The minimum atomic E-state index is -4.15. The lowest BCUT2D eigenvalue weighted by Gasteiger charge is -2.25. The van der Waals surface area contributed by atoms with E-state index in [-0.39, 0.29) is 6.61 Å². The minimum Gasteiger partial charge on any atom is -0.487 e. The number of hydrogen-bond donors (Lipinski definition) is 0. The topological polar surface area (TPSA) is 43.4 Å². The summed E-state index contributed by atoms with van der Waals surface area (Å²) in [5.74, 6) is -2.35. The van der Waals surface area contributed by atoms with Crippen molar-refractivity contribution in [2.45, 2.75) is 24.2 Å². The van der Waals surface area contributed by atoms with E-state index in [0.29, 0.717) is 18.1 Å². The maximum Gasteiger partial charge on any atom is 0.261 e. The van der Waals surface area contributed by atoms with E-state index in [1.54, 1.807) is 0 Å². The van der Waals surface area contributed by atoms with Gasteiger partial charge in [-0.25, -0.2) is 17.2 Å². The second-order valence-electron chi connectivity index (χ2n) is 4.26. The van der Waals surface area contributed by atoms with Crippen LogP contribution >= 0.6 is 10.7 Å². The van der Waals surface area contributed by atoms with E-state index < -0.39 is 31.3 Å². The highest BCUT2D eigenvalue weighted by Gasteiger charge is 2.22. The van der Waals surface area contributed by atoms with Crippen molar-refractivity contribution in [3.8, 4) is 5.75 Å². The fourth-order valence-electron chi connectivity index (χ4n) is 1.68. The second-order valence-corrected chi connectivity index (χ2v) is 6.83. The molecule has 0 bridgehead atoms. The number of ether oxygens (including phenoxy) is 1. The van der Waals surface area contributed by atoms with Gasteiger partial charge >= 0.3 is 0 Å². The van der Waals surface area contributed by atoms with Crippen molar-refractivity contribution in [1.29, 1.82) is 0 Å². The van der Waals surface area contributed by atoms with Crippen molar-refractivity contribution < 1.29 is 21.9 Å². The molecule has 0 aliphatic heterocycles. The van der Waals surface area contributed by atoms with Gasteiger partial charge in [-0.2, -0.15) is 0 Å². The lowest BCUT2D eigenvalue weighted by atomic mass is 9.86. The summed E-state index contributed by atoms with van der Waals surface area (Å²) >= 11 is 0. The molecule has 0 spiro atoms. The van der Waals surface area contributed by atoms with Gasteiger partial charge in [0.25, 0.3) is 9.05 Å². The molecule has 0 heterocycles. The molecule has 0 atom stereocenters. The molecule has 1 saturated carbocycles. The summed E-state index contributed by atoms with van der Waals surface area (Å²) in [5.41, 5.74) is 0. The van der Waals surface area contributed by atoms with Gasteiger partial charge in [-0.15, -0.1) is 0 Å². The molecule has 100 valence electrons. The Kier molecular flexibility index (Phi) is 3.77. The van der Waals surface area contributed by atoms with E-state index in [0.717, 1.165) is 19.3 Å². The second kappa shape index (κ2) is 5.01. The first-order valence-electron chi connectivity index (χ1n) is 5.44. The molecule has 0 saturated heterocycles. The highest BCUT2D eigenvalue weighted by atomic mass is 35.7. The van der Waals surface area contributed by atoms with Crippen molar-refractivity contribution in [2.24, 2.45) is 5.92 Å². The number of rotatable bonds is 4. The summed E-state index contributed by atoms with van der Waals surface area (Å²) in [6, 6.07) is 1.31. The molecule has 0 radical (unpaired) electrons. The molecule has 1 aromatic rings. The molecule has 1 fully saturated rings. The zero-order valence-corrected chi connectivity index (χ0v) is 10.9. The van der Waals surface area contributed by atoms with Crippen LogP contribution < -0.4 is 4.74 Å². The highest BCUT2D eigenvalue weighted by molar-refractivity contribution is 8.13. The average molecular weight is 297 g/mol. The van der Waals surface area contributed by atoms with Gasteiger partial charge in [-0.1, -0.05) is 6.42 Å². The van der Waals surface area contributed by atoms with Gasteiger partial charge in [0.05, 0.1) is 11.5 Å². The van der Waals surface area contributed by atoms with Crippen molar-refractivity contribution in [3.05, 3.63) is 23.8 Å². The molecular formula is C11H11ClF2O3S. The summed E-state index contributed by atoms with van der Waals surface area (Å²) < 4.78 is 54.0. The van der Waals surface area contributed by atoms with Gasteiger partial charge in [0, 0.05) is 10.7 Å². The zero-order valence-electron chi connectivity index (χ0n) is 9.33. The van der Waals surface area contributed by atoms with Crippen molar-refractivity contribution in [3.63, 3.8) is 0 Å².